The summed E-state index contributed by atoms with van der Waals surface area (Å²) in [4.78, 5) is 0. The fourth-order valence-corrected chi connectivity index (χ4v) is 3.10. The molecule has 0 aliphatic carbocycles. The number of unbranched alkanes of at least 4 members (excludes halogenated alkanes) is 2. The lowest BCUT2D eigenvalue weighted by molar-refractivity contribution is 0.590. The maximum atomic E-state index is 11.8. The molecule has 0 bridgehead atoms. The van der Waals surface area contributed by atoms with Gasteiger partial charge in [0.25, 0.3) is 0 Å². The summed E-state index contributed by atoms with van der Waals surface area (Å²) in [5, 5.41) is 8.73. The molecule has 0 heterocycles. The van der Waals surface area contributed by atoms with E-state index < -0.39 is 9.84 Å². The maximum Gasteiger partial charge on any atom is 0.154 e. The van der Waals surface area contributed by atoms with E-state index >= 15 is 0 Å². The van der Waals surface area contributed by atoms with Crippen molar-refractivity contribution in [3.63, 3.8) is 0 Å². The van der Waals surface area contributed by atoms with Crippen LogP contribution < -0.4 is 0 Å². The number of sulfone groups is 1. The van der Waals surface area contributed by atoms with E-state index in [4.69, 9.17) is 5.26 Å². The second-order valence-corrected chi connectivity index (χ2v) is 6.30. The van der Waals surface area contributed by atoms with E-state index in [9.17, 15) is 8.42 Å². The molecule has 17 heavy (non-hydrogen) atoms. The highest BCUT2D eigenvalue weighted by molar-refractivity contribution is 7.90. The smallest absolute Gasteiger partial charge is 0.154 e. The minimum absolute atomic E-state index is 0.0340. The third-order valence-electron chi connectivity index (χ3n) is 2.50. The highest BCUT2D eigenvalue weighted by atomic mass is 32.2. The molecule has 0 aliphatic heterocycles. The van der Waals surface area contributed by atoms with E-state index in [0.717, 1.165) is 19.3 Å². The standard InChI is InChI=1S/C13H17NO2S/c1-2-3-4-8-17(15,16)11-13-7-5-6-12(9-13)10-14/h5-7,9H,2-4,8,11H2,1H3. The predicted molar refractivity (Wildman–Crippen MR) is 68.2 cm³/mol. The Kier molecular flexibility index (Phi) is 5.17. The van der Waals surface area contributed by atoms with Crippen LogP contribution in [0.2, 0.25) is 0 Å². The van der Waals surface area contributed by atoms with Gasteiger partial charge in [-0.05, 0) is 24.1 Å². The van der Waals surface area contributed by atoms with E-state index in [2.05, 4.69) is 0 Å². The Morgan fingerprint density at radius 2 is 2.06 bits per heavy atom. The molecule has 1 rings (SSSR count). The fraction of sp³-hybridized carbons (Fsp3) is 0.462. The Labute approximate surface area is 103 Å². The summed E-state index contributed by atoms with van der Waals surface area (Å²) in [7, 11) is -3.04. The van der Waals surface area contributed by atoms with Crippen LogP contribution in [0.3, 0.4) is 0 Å². The first kappa shape index (κ1) is 13.7. The molecule has 0 radical (unpaired) electrons. The quantitative estimate of drug-likeness (QED) is 0.730. The lowest BCUT2D eigenvalue weighted by Crippen LogP contribution is -2.09. The summed E-state index contributed by atoms with van der Waals surface area (Å²) < 4.78 is 23.6. The van der Waals surface area contributed by atoms with Gasteiger partial charge in [-0.2, -0.15) is 5.26 Å². The molecule has 3 nitrogen and oxygen atoms in total. The zero-order chi connectivity index (χ0) is 12.7. The van der Waals surface area contributed by atoms with Crippen LogP contribution in [0.5, 0.6) is 0 Å². The summed E-state index contributed by atoms with van der Waals surface area (Å²) >= 11 is 0. The largest absolute Gasteiger partial charge is 0.228 e. The monoisotopic (exact) mass is 251 g/mol. The topological polar surface area (TPSA) is 57.9 Å². The first-order chi connectivity index (χ1) is 8.07. The van der Waals surface area contributed by atoms with Crippen molar-refractivity contribution in [1.29, 1.82) is 5.26 Å². The van der Waals surface area contributed by atoms with Gasteiger partial charge >= 0.3 is 0 Å². The molecular formula is C13H17NO2S. The molecule has 0 aliphatic rings. The summed E-state index contributed by atoms with van der Waals surface area (Å²) in [6, 6.07) is 8.79. The Morgan fingerprint density at radius 3 is 2.71 bits per heavy atom. The van der Waals surface area contributed by atoms with E-state index in [0.29, 0.717) is 11.1 Å². The van der Waals surface area contributed by atoms with Crippen molar-refractivity contribution in [3.05, 3.63) is 35.4 Å². The number of hydrogen-bond donors (Lipinski definition) is 0. The van der Waals surface area contributed by atoms with E-state index in [1.54, 1.807) is 24.3 Å². The zero-order valence-corrected chi connectivity index (χ0v) is 10.8. The van der Waals surface area contributed by atoms with Crippen molar-refractivity contribution in [2.24, 2.45) is 0 Å². The first-order valence-corrected chi connectivity index (χ1v) is 7.59. The lowest BCUT2D eigenvalue weighted by Gasteiger charge is -2.04. The van der Waals surface area contributed by atoms with Crippen molar-refractivity contribution >= 4 is 9.84 Å². The van der Waals surface area contributed by atoms with E-state index in [1.165, 1.54) is 0 Å². The van der Waals surface area contributed by atoms with Crippen molar-refractivity contribution in [2.75, 3.05) is 5.75 Å². The molecule has 0 fully saturated rings. The van der Waals surface area contributed by atoms with Crippen LogP contribution in [-0.2, 0) is 15.6 Å². The number of rotatable bonds is 6. The van der Waals surface area contributed by atoms with Gasteiger partial charge < -0.3 is 0 Å². The van der Waals surface area contributed by atoms with Crippen molar-refractivity contribution < 1.29 is 8.42 Å². The molecule has 0 amide bonds. The lowest BCUT2D eigenvalue weighted by atomic mass is 10.2. The molecule has 0 N–H and O–H groups in total. The normalized spacial score (nSPS) is 11.1. The Morgan fingerprint density at radius 1 is 1.29 bits per heavy atom. The third kappa shape index (κ3) is 5.01. The van der Waals surface area contributed by atoms with Crippen LogP contribution in [0.15, 0.2) is 24.3 Å². The van der Waals surface area contributed by atoms with Gasteiger partial charge in [-0.1, -0.05) is 31.9 Å². The van der Waals surface area contributed by atoms with Gasteiger partial charge in [0.2, 0.25) is 0 Å². The molecular weight excluding hydrogens is 234 g/mol. The summed E-state index contributed by atoms with van der Waals surface area (Å²) in [6.07, 6.45) is 2.67. The van der Waals surface area contributed by atoms with Gasteiger partial charge in [-0.15, -0.1) is 0 Å². The average molecular weight is 251 g/mol. The maximum absolute atomic E-state index is 11.8. The van der Waals surface area contributed by atoms with Crippen LogP contribution >= 0.6 is 0 Å². The van der Waals surface area contributed by atoms with Crippen LogP contribution in [0.25, 0.3) is 0 Å². The molecule has 1 aromatic carbocycles. The summed E-state index contributed by atoms with van der Waals surface area (Å²) in [5.41, 5.74) is 1.20. The highest BCUT2D eigenvalue weighted by Crippen LogP contribution is 2.11. The minimum Gasteiger partial charge on any atom is -0.228 e. The zero-order valence-electron chi connectivity index (χ0n) is 10.0. The number of nitriles is 1. The molecule has 0 unspecified atom stereocenters. The van der Waals surface area contributed by atoms with Crippen molar-refractivity contribution in [3.8, 4) is 6.07 Å². The fourth-order valence-electron chi connectivity index (χ4n) is 1.63. The van der Waals surface area contributed by atoms with Crippen LogP contribution in [0, 0.1) is 11.3 Å². The first-order valence-electron chi connectivity index (χ1n) is 5.77. The SMILES string of the molecule is CCCCCS(=O)(=O)Cc1cccc(C#N)c1. The second-order valence-electron chi connectivity index (χ2n) is 4.11. The average Bonchev–Trinajstić information content (AvgIpc) is 2.29. The number of nitrogens with zero attached hydrogens (tertiary/aromatic N) is 1. The predicted octanol–water partition coefficient (Wildman–Crippen LogP) is 2.66. The van der Waals surface area contributed by atoms with Gasteiger partial charge in [0.05, 0.1) is 23.1 Å². The molecule has 4 heteroatoms. The van der Waals surface area contributed by atoms with Gasteiger partial charge in [0.15, 0.2) is 9.84 Å². The number of benzene rings is 1. The van der Waals surface area contributed by atoms with E-state index in [1.807, 2.05) is 13.0 Å². The summed E-state index contributed by atoms with van der Waals surface area (Å²) in [5.74, 6) is 0.268. The van der Waals surface area contributed by atoms with Gasteiger partial charge in [0.1, 0.15) is 0 Å². The Balaban J connectivity index is 2.66. The van der Waals surface area contributed by atoms with Gasteiger partial charge in [-0.3, -0.25) is 0 Å². The van der Waals surface area contributed by atoms with Gasteiger partial charge in [-0.25, -0.2) is 8.42 Å². The molecule has 0 atom stereocenters. The van der Waals surface area contributed by atoms with Crippen LogP contribution in [-0.4, -0.2) is 14.2 Å². The molecule has 92 valence electrons. The molecule has 0 saturated heterocycles. The Hall–Kier alpha value is -1.34. The molecule has 1 aromatic rings. The highest BCUT2D eigenvalue weighted by Gasteiger charge is 2.11. The summed E-state index contributed by atoms with van der Waals surface area (Å²) in [6.45, 7) is 2.04. The Bertz CT molecular complexity index is 500. The second kappa shape index (κ2) is 6.41. The van der Waals surface area contributed by atoms with Crippen LogP contribution in [0.4, 0.5) is 0 Å². The molecule has 0 saturated carbocycles. The van der Waals surface area contributed by atoms with Crippen LogP contribution in [0.1, 0.15) is 37.3 Å². The molecule has 0 aromatic heterocycles. The minimum atomic E-state index is -3.04. The third-order valence-corrected chi connectivity index (χ3v) is 4.19. The van der Waals surface area contributed by atoms with Crippen molar-refractivity contribution in [1.82, 2.24) is 0 Å². The molecule has 0 spiro atoms. The number of hydrogen-bond acceptors (Lipinski definition) is 3. The van der Waals surface area contributed by atoms with E-state index in [-0.39, 0.29) is 11.5 Å². The van der Waals surface area contributed by atoms with Crippen molar-refractivity contribution in [2.45, 2.75) is 31.9 Å². The van der Waals surface area contributed by atoms with Gasteiger partial charge in [0, 0.05) is 0 Å².